The number of benzene rings is 2. The average Bonchev–Trinajstić information content (AvgIpc) is 2.94. The molecule has 3 rings (SSSR count). The van der Waals surface area contributed by atoms with Crippen molar-refractivity contribution in [3.8, 4) is 0 Å². The van der Waals surface area contributed by atoms with E-state index in [1.807, 2.05) is 6.92 Å². The van der Waals surface area contributed by atoms with Crippen molar-refractivity contribution in [3.63, 3.8) is 0 Å². The van der Waals surface area contributed by atoms with Crippen LogP contribution in [0.2, 0.25) is 5.02 Å². The van der Waals surface area contributed by atoms with Crippen LogP contribution in [0.4, 0.5) is 11.4 Å². The van der Waals surface area contributed by atoms with E-state index in [-0.39, 0.29) is 11.4 Å². The molecule has 0 radical (unpaired) electrons. The number of rotatable bonds is 6. The van der Waals surface area contributed by atoms with Crippen LogP contribution in [-0.4, -0.2) is 31.7 Å². The fourth-order valence-electron chi connectivity index (χ4n) is 2.78. The van der Waals surface area contributed by atoms with Gasteiger partial charge in [0.1, 0.15) is 6.54 Å². The minimum Gasteiger partial charge on any atom is -0.324 e. The molecule has 2 aromatic carbocycles. The van der Waals surface area contributed by atoms with E-state index in [2.05, 4.69) is 5.32 Å². The van der Waals surface area contributed by atoms with Crippen molar-refractivity contribution < 1.29 is 13.2 Å². The predicted octanol–water partition coefficient (Wildman–Crippen LogP) is 3.14. The van der Waals surface area contributed by atoms with Gasteiger partial charge < -0.3 is 5.32 Å². The first-order valence-electron chi connectivity index (χ1n) is 8.35. The summed E-state index contributed by atoms with van der Waals surface area (Å²) in [6.45, 7) is 2.07. The number of nitrogens with one attached hydrogen (secondary N) is 1. The van der Waals surface area contributed by atoms with Gasteiger partial charge in [-0.25, -0.2) is 8.42 Å². The monoisotopic (exact) mass is 439 g/mol. The number of carbonyl (C=O) groups excluding carboxylic acids is 1. The van der Waals surface area contributed by atoms with Gasteiger partial charge in [0.05, 0.1) is 22.2 Å². The maximum atomic E-state index is 12.5. The molecule has 0 fully saturated rings. The summed E-state index contributed by atoms with van der Waals surface area (Å²) in [6.07, 6.45) is 1.03. The van der Waals surface area contributed by atoms with E-state index >= 15 is 0 Å². The third-order valence-corrected chi connectivity index (χ3v) is 6.40. The molecule has 28 heavy (non-hydrogen) atoms. The van der Waals surface area contributed by atoms with E-state index in [4.69, 9.17) is 11.6 Å². The Bertz CT molecular complexity index is 1180. The van der Waals surface area contributed by atoms with Crippen LogP contribution in [0.1, 0.15) is 6.92 Å². The van der Waals surface area contributed by atoms with Crippen molar-refractivity contribution in [1.29, 1.82) is 0 Å². The number of anilines is 2. The number of carbonyl (C=O) groups is 1. The molecule has 1 heterocycles. The summed E-state index contributed by atoms with van der Waals surface area (Å²) in [6, 6.07) is 11.3. The molecule has 1 N–H and O–H groups in total. The van der Waals surface area contributed by atoms with Crippen LogP contribution in [0.5, 0.6) is 0 Å². The van der Waals surface area contributed by atoms with Gasteiger partial charge in [-0.15, -0.1) is 0 Å². The summed E-state index contributed by atoms with van der Waals surface area (Å²) in [5.41, 5.74) is 1.64. The molecule has 3 aromatic rings. The van der Waals surface area contributed by atoms with Gasteiger partial charge in [-0.2, -0.15) is 0 Å². The average molecular weight is 440 g/mol. The number of nitrogens with zero attached hydrogens (tertiary/aromatic N) is 2. The zero-order valence-corrected chi connectivity index (χ0v) is 17.6. The highest BCUT2D eigenvalue weighted by atomic mass is 35.5. The first kappa shape index (κ1) is 20.4. The van der Waals surface area contributed by atoms with Crippen molar-refractivity contribution in [2.24, 2.45) is 0 Å². The zero-order valence-electron chi connectivity index (χ0n) is 15.2. The maximum Gasteiger partial charge on any atom is 0.308 e. The smallest absolute Gasteiger partial charge is 0.308 e. The SMILES string of the molecule is CCn1c(=O)sc2cc(NC(=O)CN(c3ccc(Cl)cc3)S(C)(=O)=O)ccc21. The van der Waals surface area contributed by atoms with E-state index in [1.165, 1.54) is 12.1 Å². The lowest BCUT2D eigenvalue weighted by atomic mass is 10.3. The Kier molecular flexibility index (Phi) is 5.78. The van der Waals surface area contributed by atoms with Gasteiger partial charge in [0.2, 0.25) is 15.9 Å². The number of fused-ring (bicyclic) bond motifs is 1. The molecular weight excluding hydrogens is 422 g/mol. The van der Waals surface area contributed by atoms with Crippen molar-refractivity contribution >= 4 is 60.5 Å². The second-order valence-corrected chi connectivity index (χ2v) is 9.43. The molecule has 0 atom stereocenters. The second-order valence-electron chi connectivity index (χ2n) is 6.09. The predicted molar refractivity (Wildman–Crippen MR) is 114 cm³/mol. The highest BCUT2D eigenvalue weighted by Crippen LogP contribution is 2.23. The van der Waals surface area contributed by atoms with Crippen LogP contribution in [0.3, 0.4) is 0 Å². The summed E-state index contributed by atoms with van der Waals surface area (Å²) >= 11 is 6.94. The Hall–Kier alpha value is -2.36. The van der Waals surface area contributed by atoms with Crippen molar-refractivity contribution in [3.05, 3.63) is 57.2 Å². The number of amides is 1. The molecule has 0 bridgehead atoms. The van der Waals surface area contributed by atoms with E-state index in [0.29, 0.717) is 22.9 Å². The number of sulfonamides is 1. The van der Waals surface area contributed by atoms with Gasteiger partial charge in [-0.05, 0) is 49.4 Å². The quantitative estimate of drug-likeness (QED) is 0.639. The minimum atomic E-state index is -3.67. The number of hydrogen-bond donors (Lipinski definition) is 1. The minimum absolute atomic E-state index is 0.0630. The summed E-state index contributed by atoms with van der Waals surface area (Å²) in [4.78, 5) is 24.4. The van der Waals surface area contributed by atoms with Gasteiger partial charge in [0, 0.05) is 17.3 Å². The highest BCUT2D eigenvalue weighted by molar-refractivity contribution is 7.92. The molecule has 0 saturated carbocycles. The normalized spacial score (nSPS) is 11.5. The Balaban J connectivity index is 1.82. The van der Waals surface area contributed by atoms with E-state index in [0.717, 1.165) is 32.1 Å². The van der Waals surface area contributed by atoms with Gasteiger partial charge in [0.25, 0.3) is 0 Å². The summed E-state index contributed by atoms with van der Waals surface area (Å²) in [5, 5.41) is 3.15. The van der Waals surface area contributed by atoms with Gasteiger partial charge in [-0.3, -0.25) is 18.5 Å². The van der Waals surface area contributed by atoms with Crippen LogP contribution < -0.4 is 14.5 Å². The second kappa shape index (κ2) is 7.94. The van der Waals surface area contributed by atoms with E-state index in [1.54, 1.807) is 34.9 Å². The highest BCUT2D eigenvalue weighted by Gasteiger charge is 2.21. The Morgan fingerprint density at radius 1 is 1.21 bits per heavy atom. The molecule has 0 saturated heterocycles. The van der Waals surface area contributed by atoms with Crippen molar-refractivity contribution in [2.75, 3.05) is 22.4 Å². The van der Waals surface area contributed by atoms with Crippen LogP contribution in [-0.2, 0) is 21.4 Å². The Morgan fingerprint density at radius 2 is 1.89 bits per heavy atom. The van der Waals surface area contributed by atoms with Crippen LogP contribution in [0.25, 0.3) is 10.2 Å². The number of aryl methyl sites for hydroxylation is 1. The number of hydrogen-bond acceptors (Lipinski definition) is 5. The number of halogens is 1. The molecule has 10 heteroatoms. The number of thiazole rings is 1. The third kappa shape index (κ3) is 4.37. The summed E-state index contributed by atoms with van der Waals surface area (Å²) in [5.74, 6) is -0.498. The fourth-order valence-corrected chi connectivity index (χ4v) is 4.76. The van der Waals surface area contributed by atoms with Gasteiger partial charge in [0.15, 0.2) is 0 Å². The summed E-state index contributed by atoms with van der Waals surface area (Å²) < 4.78 is 27.7. The molecule has 0 aliphatic carbocycles. The van der Waals surface area contributed by atoms with Crippen LogP contribution in [0, 0.1) is 0 Å². The molecule has 0 aliphatic rings. The largest absolute Gasteiger partial charge is 0.324 e. The first-order valence-corrected chi connectivity index (χ1v) is 11.4. The van der Waals surface area contributed by atoms with Crippen LogP contribution in [0.15, 0.2) is 47.3 Å². The molecule has 0 unspecified atom stereocenters. The summed E-state index contributed by atoms with van der Waals surface area (Å²) in [7, 11) is -3.67. The topological polar surface area (TPSA) is 88.5 Å². The van der Waals surface area contributed by atoms with Crippen LogP contribution >= 0.6 is 22.9 Å². The fraction of sp³-hybridized carbons (Fsp3) is 0.222. The van der Waals surface area contributed by atoms with Gasteiger partial charge in [-0.1, -0.05) is 22.9 Å². The molecule has 0 aliphatic heterocycles. The zero-order chi connectivity index (χ0) is 20.5. The molecule has 1 amide bonds. The standard InChI is InChI=1S/C18H18ClN3O4S2/c1-3-21-15-9-6-13(10-16(15)27-18(21)24)20-17(23)11-22(28(2,25)26)14-7-4-12(19)5-8-14/h4-10H,3,11H2,1-2H3,(H,20,23). The molecular formula is C18H18ClN3O4S2. The molecule has 0 spiro atoms. The lowest BCUT2D eigenvalue weighted by Crippen LogP contribution is -2.37. The molecule has 1 aromatic heterocycles. The molecule has 148 valence electrons. The van der Waals surface area contributed by atoms with Crippen molar-refractivity contribution in [2.45, 2.75) is 13.5 Å². The molecule has 7 nitrogen and oxygen atoms in total. The Morgan fingerprint density at radius 3 is 2.50 bits per heavy atom. The third-order valence-electron chi connectivity index (χ3n) is 4.07. The first-order chi connectivity index (χ1) is 13.2. The van der Waals surface area contributed by atoms with E-state index in [9.17, 15) is 18.0 Å². The Labute approximate surface area is 171 Å². The van der Waals surface area contributed by atoms with Gasteiger partial charge >= 0.3 is 4.87 Å². The lowest BCUT2D eigenvalue weighted by Gasteiger charge is -2.22. The van der Waals surface area contributed by atoms with Crippen molar-refractivity contribution in [1.82, 2.24) is 4.57 Å². The maximum absolute atomic E-state index is 12.5. The van der Waals surface area contributed by atoms with E-state index < -0.39 is 15.9 Å². The number of aromatic nitrogens is 1. The lowest BCUT2D eigenvalue weighted by molar-refractivity contribution is -0.114.